The monoisotopic (exact) mass is 265 g/mol. The fourth-order valence-electron chi connectivity index (χ4n) is 2.24. The van der Waals surface area contributed by atoms with Crippen LogP contribution < -0.4 is 5.32 Å². The van der Waals surface area contributed by atoms with Crippen molar-refractivity contribution >= 4 is 22.6 Å². The topological polar surface area (TPSA) is 25.2 Å². The first-order chi connectivity index (χ1) is 8.61. The third-order valence-corrected chi connectivity index (χ3v) is 3.31. The van der Waals surface area contributed by atoms with Crippen molar-refractivity contribution in [2.45, 2.75) is 33.2 Å². The van der Waals surface area contributed by atoms with Crippen LogP contribution in [0.25, 0.3) is 11.0 Å². The van der Waals surface area contributed by atoms with Gasteiger partial charge in [0, 0.05) is 5.39 Å². The lowest BCUT2D eigenvalue weighted by Gasteiger charge is -2.17. The minimum Gasteiger partial charge on any atom is -0.458 e. The molecule has 1 N–H and O–H groups in total. The van der Waals surface area contributed by atoms with E-state index in [0.717, 1.165) is 29.7 Å². The van der Waals surface area contributed by atoms with Gasteiger partial charge in [0.05, 0.1) is 11.1 Å². The van der Waals surface area contributed by atoms with Crippen molar-refractivity contribution in [2.24, 2.45) is 5.92 Å². The number of halogens is 1. The second-order valence-corrected chi connectivity index (χ2v) is 5.45. The van der Waals surface area contributed by atoms with E-state index in [1.165, 1.54) is 0 Å². The molecule has 0 aliphatic rings. The molecule has 1 atom stereocenters. The van der Waals surface area contributed by atoms with Gasteiger partial charge in [0.2, 0.25) is 0 Å². The van der Waals surface area contributed by atoms with Crippen LogP contribution in [-0.4, -0.2) is 6.54 Å². The second kappa shape index (κ2) is 5.77. The third-order valence-electron chi connectivity index (χ3n) is 3.02. The van der Waals surface area contributed by atoms with Crippen molar-refractivity contribution in [2.75, 3.05) is 6.54 Å². The summed E-state index contributed by atoms with van der Waals surface area (Å²) in [5.74, 6) is 1.60. The van der Waals surface area contributed by atoms with Crippen LogP contribution in [0.2, 0.25) is 5.02 Å². The summed E-state index contributed by atoms with van der Waals surface area (Å²) in [6, 6.07) is 8.21. The Bertz CT molecular complexity index is 518. The van der Waals surface area contributed by atoms with E-state index < -0.39 is 0 Å². The highest BCUT2D eigenvalue weighted by molar-refractivity contribution is 6.34. The molecular weight excluding hydrogens is 246 g/mol. The predicted octanol–water partition coefficient (Wildman–Crippen LogP) is 4.78. The Balaban J connectivity index is 2.35. The number of hydrogen-bond acceptors (Lipinski definition) is 2. The Morgan fingerprint density at radius 3 is 2.72 bits per heavy atom. The molecule has 98 valence electrons. The SMILES string of the molecule is CCNC(CC(C)C)c1cc2cccc(Cl)c2o1. The van der Waals surface area contributed by atoms with Crippen LogP contribution in [0, 0.1) is 5.92 Å². The second-order valence-electron chi connectivity index (χ2n) is 5.05. The fraction of sp³-hybridized carbons (Fsp3) is 0.467. The van der Waals surface area contributed by atoms with Gasteiger partial charge in [0.15, 0.2) is 5.58 Å². The molecule has 1 heterocycles. The van der Waals surface area contributed by atoms with Crippen molar-refractivity contribution < 1.29 is 4.42 Å². The summed E-state index contributed by atoms with van der Waals surface area (Å²) < 4.78 is 5.92. The molecule has 0 saturated carbocycles. The van der Waals surface area contributed by atoms with Crippen molar-refractivity contribution in [3.63, 3.8) is 0 Å². The van der Waals surface area contributed by atoms with Crippen LogP contribution in [0.15, 0.2) is 28.7 Å². The van der Waals surface area contributed by atoms with Gasteiger partial charge in [-0.2, -0.15) is 0 Å². The first kappa shape index (κ1) is 13.4. The molecule has 18 heavy (non-hydrogen) atoms. The van der Waals surface area contributed by atoms with Gasteiger partial charge < -0.3 is 9.73 Å². The van der Waals surface area contributed by atoms with E-state index >= 15 is 0 Å². The summed E-state index contributed by atoms with van der Waals surface area (Å²) in [7, 11) is 0. The Morgan fingerprint density at radius 1 is 1.33 bits per heavy atom. The van der Waals surface area contributed by atoms with Crippen molar-refractivity contribution in [1.29, 1.82) is 0 Å². The van der Waals surface area contributed by atoms with Gasteiger partial charge in [-0.25, -0.2) is 0 Å². The van der Waals surface area contributed by atoms with Crippen LogP contribution in [-0.2, 0) is 0 Å². The predicted molar refractivity (Wildman–Crippen MR) is 77.1 cm³/mol. The largest absolute Gasteiger partial charge is 0.458 e. The number of benzene rings is 1. The average Bonchev–Trinajstić information content (AvgIpc) is 2.73. The fourth-order valence-corrected chi connectivity index (χ4v) is 2.46. The molecule has 0 amide bonds. The Kier molecular flexibility index (Phi) is 4.31. The first-order valence-electron chi connectivity index (χ1n) is 6.53. The number of hydrogen-bond donors (Lipinski definition) is 1. The Labute approximate surface area is 113 Å². The highest BCUT2D eigenvalue weighted by atomic mass is 35.5. The lowest BCUT2D eigenvalue weighted by Crippen LogP contribution is -2.21. The third kappa shape index (κ3) is 2.88. The molecule has 0 bridgehead atoms. The highest BCUT2D eigenvalue weighted by Crippen LogP contribution is 2.31. The standard InChI is InChI=1S/C15H20ClNO/c1-4-17-13(8-10(2)3)14-9-11-6-5-7-12(16)15(11)18-14/h5-7,9-10,13,17H,4,8H2,1-3H3. The smallest absolute Gasteiger partial charge is 0.152 e. The van der Waals surface area contributed by atoms with Crippen molar-refractivity contribution in [3.05, 3.63) is 35.0 Å². The Morgan fingerprint density at radius 2 is 2.11 bits per heavy atom. The zero-order valence-corrected chi connectivity index (χ0v) is 11.9. The van der Waals surface area contributed by atoms with Gasteiger partial charge in [-0.05, 0) is 31.0 Å². The number of furan rings is 1. The molecule has 0 fully saturated rings. The Hall–Kier alpha value is -0.990. The molecule has 2 nitrogen and oxygen atoms in total. The minimum atomic E-state index is 0.262. The summed E-state index contributed by atoms with van der Waals surface area (Å²) in [6.45, 7) is 7.49. The molecule has 0 aliphatic carbocycles. The van der Waals surface area contributed by atoms with Crippen molar-refractivity contribution in [3.8, 4) is 0 Å². The van der Waals surface area contributed by atoms with Crippen LogP contribution in [0.1, 0.15) is 39.0 Å². The molecule has 1 aromatic carbocycles. The molecule has 3 heteroatoms. The van der Waals surface area contributed by atoms with E-state index in [1.807, 2.05) is 18.2 Å². The summed E-state index contributed by atoms with van der Waals surface area (Å²) >= 11 is 6.14. The van der Waals surface area contributed by atoms with E-state index in [0.29, 0.717) is 10.9 Å². The summed E-state index contributed by atoms with van der Waals surface area (Å²) in [5.41, 5.74) is 0.792. The lowest BCUT2D eigenvalue weighted by molar-refractivity contribution is 0.377. The van der Waals surface area contributed by atoms with Gasteiger partial charge in [0.1, 0.15) is 5.76 Å². The normalized spacial score (nSPS) is 13.4. The summed E-state index contributed by atoms with van der Waals surface area (Å²) in [5, 5.41) is 5.23. The molecule has 1 aromatic heterocycles. The molecule has 0 saturated heterocycles. The molecule has 2 rings (SSSR count). The first-order valence-corrected chi connectivity index (χ1v) is 6.91. The maximum atomic E-state index is 6.14. The number of nitrogens with one attached hydrogen (secondary N) is 1. The average molecular weight is 266 g/mol. The number of para-hydroxylation sites is 1. The highest BCUT2D eigenvalue weighted by Gasteiger charge is 2.17. The molecule has 2 aromatic rings. The number of fused-ring (bicyclic) bond motifs is 1. The maximum absolute atomic E-state index is 6.14. The van der Waals surface area contributed by atoms with Gasteiger partial charge in [-0.3, -0.25) is 0 Å². The van der Waals surface area contributed by atoms with Crippen LogP contribution >= 0.6 is 11.6 Å². The molecular formula is C15H20ClNO. The van der Waals surface area contributed by atoms with Gasteiger partial charge in [-0.1, -0.05) is 44.5 Å². The maximum Gasteiger partial charge on any atom is 0.152 e. The number of rotatable bonds is 5. The van der Waals surface area contributed by atoms with Crippen LogP contribution in [0.3, 0.4) is 0 Å². The summed E-state index contributed by atoms with van der Waals surface area (Å²) in [6.07, 6.45) is 1.06. The van der Waals surface area contributed by atoms with Crippen molar-refractivity contribution in [1.82, 2.24) is 5.32 Å². The zero-order valence-electron chi connectivity index (χ0n) is 11.2. The molecule has 0 spiro atoms. The lowest BCUT2D eigenvalue weighted by atomic mass is 10.0. The summed E-state index contributed by atoms with van der Waals surface area (Å²) in [4.78, 5) is 0. The van der Waals surface area contributed by atoms with E-state index in [-0.39, 0.29) is 6.04 Å². The van der Waals surface area contributed by atoms with E-state index in [1.54, 1.807) is 0 Å². The molecule has 1 unspecified atom stereocenters. The van der Waals surface area contributed by atoms with E-state index in [9.17, 15) is 0 Å². The zero-order chi connectivity index (χ0) is 13.1. The van der Waals surface area contributed by atoms with Crippen LogP contribution in [0.5, 0.6) is 0 Å². The van der Waals surface area contributed by atoms with E-state index in [4.69, 9.17) is 16.0 Å². The molecule has 0 aliphatic heterocycles. The van der Waals surface area contributed by atoms with Gasteiger partial charge >= 0.3 is 0 Å². The minimum absolute atomic E-state index is 0.262. The van der Waals surface area contributed by atoms with Gasteiger partial charge in [0.25, 0.3) is 0 Å². The van der Waals surface area contributed by atoms with E-state index in [2.05, 4.69) is 32.2 Å². The van der Waals surface area contributed by atoms with Crippen LogP contribution in [0.4, 0.5) is 0 Å². The quantitative estimate of drug-likeness (QED) is 0.841. The van der Waals surface area contributed by atoms with Gasteiger partial charge in [-0.15, -0.1) is 0 Å². The molecule has 0 radical (unpaired) electrons.